The number of halogens is 1. The summed E-state index contributed by atoms with van der Waals surface area (Å²) in [5, 5.41) is 6.97. The van der Waals surface area contributed by atoms with E-state index in [1.165, 1.54) is 6.92 Å². The zero-order valence-electron chi connectivity index (χ0n) is 12.8. The maximum Gasteiger partial charge on any atom is 0.216 e. The maximum atomic E-state index is 11.2. The number of nitrogens with zero attached hydrogens (tertiary/aromatic N) is 1. The van der Waals surface area contributed by atoms with Crippen molar-refractivity contribution in [2.75, 3.05) is 18.4 Å². The molecule has 1 unspecified atom stereocenters. The molecule has 2 aromatic carbocycles. The lowest BCUT2D eigenvalue weighted by molar-refractivity contribution is -0.118. The van der Waals surface area contributed by atoms with E-state index in [0.29, 0.717) is 18.1 Å². The molecule has 0 spiro atoms. The van der Waals surface area contributed by atoms with Gasteiger partial charge in [-0.05, 0) is 18.2 Å². The topological polar surface area (TPSA) is 53.5 Å². The van der Waals surface area contributed by atoms with Gasteiger partial charge in [-0.2, -0.15) is 0 Å². The fraction of sp³-hybridized carbons (Fsp3) is 0.222. The van der Waals surface area contributed by atoms with Crippen molar-refractivity contribution >= 4 is 28.9 Å². The van der Waals surface area contributed by atoms with E-state index >= 15 is 0 Å². The Hall–Kier alpha value is -2.33. The molecule has 5 heteroatoms. The minimum Gasteiger partial charge on any atom is -0.378 e. The number of fused-ring (bicyclic) bond motifs is 1. The van der Waals surface area contributed by atoms with Gasteiger partial charge < -0.3 is 10.6 Å². The van der Waals surface area contributed by atoms with E-state index < -0.39 is 0 Å². The monoisotopic (exact) mass is 327 g/mol. The average Bonchev–Trinajstić information content (AvgIpc) is 2.73. The first-order chi connectivity index (χ1) is 11.1. The summed E-state index contributed by atoms with van der Waals surface area (Å²) in [6.45, 7) is 2.63. The van der Waals surface area contributed by atoms with Crippen LogP contribution in [0.3, 0.4) is 0 Å². The lowest BCUT2D eigenvalue weighted by Crippen LogP contribution is -2.37. The number of hydrogen-bond acceptors (Lipinski definition) is 3. The molecule has 0 aromatic heterocycles. The van der Waals surface area contributed by atoms with E-state index in [0.717, 1.165) is 22.5 Å². The summed E-state index contributed by atoms with van der Waals surface area (Å²) < 4.78 is 0. The Morgan fingerprint density at radius 3 is 2.83 bits per heavy atom. The van der Waals surface area contributed by atoms with Crippen LogP contribution >= 0.6 is 11.6 Å². The first kappa shape index (κ1) is 15.6. The minimum absolute atomic E-state index is 0.0417. The molecule has 3 rings (SSSR count). The van der Waals surface area contributed by atoms with Crippen molar-refractivity contribution in [2.45, 2.75) is 13.0 Å². The molecule has 0 saturated carbocycles. The number of rotatable bonds is 3. The van der Waals surface area contributed by atoms with Crippen molar-refractivity contribution in [3.8, 4) is 0 Å². The van der Waals surface area contributed by atoms with Crippen LogP contribution in [0, 0.1) is 0 Å². The molecule has 0 fully saturated rings. The molecule has 1 aliphatic rings. The molecule has 1 aliphatic heterocycles. The predicted molar refractivity (Wildman–Crippen MR) is 94.5 cm³/mol. The molecule has 23 heavy (non-hydrogen) atoms. The van der Waals surface area contributed by atoms with E-state index in [4.69, 9.17) is 16.6 Å². The average molecular weight is 328 g/mol. The van der Waals surface area contributed by atoms with Crippen molar-refractivity contribution in [1.29, 1.82) is 0 Å². The Morgan fingerprint density at radius 2 is 2.09 bits per heavy atom. The molecule has 2 N–H and O–H groups in total. The van der Waals surface area contributed by atoms with Crippen LogP contribution in [0.1, 0.15) is 18.1 Å². The summed E-state index contributed by atoms with van der Waals surface area (Å²) in [6.07, 6.45) is 0. The molecule has 1 atom stereocenters. The third-order valence-electron chi connectivity index (χ3n) is 3.71. The second kappa shape index (κ2) is 6.84. The highest BCUT2D eigenvalue weighted by molar-refractivity contribution is 6.31. The van der Waals surface area contributed by atoms with Gasteiger partial charge in [0.05, 0.1) is 18.3 Å². The Morgan fingerprint density at radius 1 is 1.30 bits per heavy atom. The second-order valence-electron chi connectivity index (χ2n) is 5.52. The summed E-state index contributed by atoms with van der Waals surface area (Å²) in [4.78, 5) is 15.9. The highest BCUT2D eigenvalue weighted by atomic mass is 35.5. The van der Waals surface area contributed by atoms with Crippen molar-refractivity contribution in [3.63, 3.8) is 0 Å². The number of hydrogen-bond donors (Lipinski definition) is 2. The number of benzodiazepines with no additional fused rings is 1. The molecule has 4 nitrogen and oxygen atoms in total. The van der Waals surface area contributed by atoms with Gasteiger partial charge in [0, 0.05) is 35.3 Å². The predicted octanol–water partition coefficient (Wildman–Crippen LogP) is 3.11. The normalized spacial score (nSPS) is 16.6. The quantitative estimate of drug-likeness (QED) is 0.910. The SMILES string of the molecule is CC(=O)NCC1CN=C(c2ccccc2)c2cc(Cl)ccc2N1. The zero-order valence-corrected chi connectivity index (χ0v) is 13.6. The van der Waals surface area contributed by atoms with Crippen molar-refractivity contribution < 1.29 is 4.79 Å². The van der Waals surface area contributed by atoms with Crippen molar-refractivity contribution in [2.24, 2.45) is 4.99 Å². The molecule has 0 bridgehead atoms. The molecule has 2 aromatic rings. The standard InChI is InChI=1S/C18H18ClN3O/c1-12(23)20-10-15-11-21-18(13-5-3-2-4-6-13)16-9-14(19)7-8-17(16)22-15/h2-9,15,22H,10-11H2,1H3,(H,20,23). The molecule has 1 heterocycles. The van der Waals surface area contributed by atoms with Crippen molar-refractivity contribution in [3.05, 3.63) is 64.7 Å². The van der Waals surface area contributed by atoms with Gasteiger partial charge >= 0.3 is 0 Å². The third-order valence-corrected chi connectivity index (χ3v) is 3.95. The Kier molecular flexibility index (Phi) is 4.63. The van der Waals surface area contributed by atoms with Crippen LogP contribution < -0.4 is 10.6 Å². The van der Waals surface area contributed by atoms with E-state index in [1.54, 1.807) is 0 Å². The molecular weight excluding hydrogens is 310 g/mol. The number of amides is 1. The van der Waals surface area contributed by atoms with Crippen LogP contribution in [-0.4, -0.2) is 30.8 Å². The highest BCUT2D eigenvalue weighted by Gasteiger charge is 2.20. The van der Waals surface area contributed by atoms with E-state index in [1.807, 2.05) is 48.5 Å². The highest BCUT2D eigenvalue weighted by Crippen LogP contribution is 2.26. The van der Waals surface area contributed by atoms with E-state index in [9.17, 15) is 4.79 Å². The largest absolute Gasteiger partial charge is 0.378 e. The second-order valence-corrected chi connectivity index (χ2v) is 5.96. The number of nitrogens with one attached hydrogen (secondary N) is 2. The molecule has 0 radical (unpaired) electrons. The van der Waals surface area contributed by atoms with E-state index in [2.05, 4.69) is 10.6 Å². The zero-order chi connectivity index (χ0) is 16.2. The van der Waals surface area contributed by atoms with E-state index in [-0.39, 0.29) is 11.9 Å². The lowest BCUT2D eigenvalue weighted by atomic mass is 10.0. The van der Waals surface area contributed by atoms with Crippen LogP contribution in [0.15, 0.2) is 53.5 Å². The first-order valence-corrected chi connectivity index (χ1v) is 7.92. The van der Waals surface area contributed by atoms with Gasteiger partial charge in [0.15, 0.2) is 0 Å². The summed E-state index contributed by atoms with van der Waals surface area (Å²) in [7, 11) is 0. The fourth-order valence-corrected chi connectivity index (χ4v) is 2.79. The van der Waals surface area contributed by atoms with Gasteiger partial charge in [-0.1, -0.05) is 41.9 Å². The third kappa shape index (κ3) is 3.71. The van der Waals surface area contributed by atoms with Crippen LogP contribution in [0.4, 0.5) is 5.69 Å². The first-order valence-electron chi connectivity index (χ1n) is 7.54. The molecule has 118 valence electrons. The molecule has 1 amide bonds. The summed E-state index contributed by atoms with van der Waals surface area (Å²) in [5.41, 5.74) is 3.93. The fourth-order valence-electron chi connectivity index (χ4n) is 2.62. The van der Waals surface area contributed by atoms with Gasteiger partial charge in [-0.3, -0.25) is 9.79 Å². The lowest BCUT2D eigenvalue weighted by Gasteiger charge is -2.17. The van der Waals surface area contributed by atoms with Gasteiger partial charge in [0.25, 0.3) is 0 Å². The van der Waals surface area contributed by atoms with Gasteiger partial charge in [-0.15, -0.1) is 0 Å². The number of aliphatic imine (C=N–C) groups is 1. The number of benzene rings is 2. The smallest absolute Gasteiger partial charge is 0.216 e. The van der Waals surface area contributed by atoms with Crippen LogP contribution in [-0.2, 0) is 4.79 Å². The summed E-state index contributed by atoms with van der Waals surface area (Å²) in [6, 6.07) is 15.8. The Labute approximate surface area is 140 Å². The van der Waals surface area contributed by atoms with Crippen LogP contribution in [0.25, 0.3) is 0 Å². The summed E-state index contributed by atoms with van der Waals surface area (Å²) in [5.74, 6) is -0.0420. The molecule has 0 aliphatic carbocycles. The van der Waals surface area contributed by atoms with Crippen molar-refractivity contribution in [1.82, 2.24) is 5.32 Å². The van der Waals surface area contributed by atoms with Gasteiger partial charge in [0.2, 0.25) is 5.91 Å². The maximum absolute atomic E-state index is 11.2. The molecule has 0 saturated heterocycles. The Bertz CT molecular complexity index is 743. The number of carbonyl (C=O) groups is 1. The van der Waals surface area contributed by atoms with Gasteiger partial charge in [0.1, 0.15) is 0 Å². The van der Waals surface area contributed by atoms with Gasteiger partial charge in [-0.25, -0.2) is 0 Å². The number of carbonyl (C=O) groups excluding carboxylic acids is 1. The van der Waals surface area contributed by atoms with Crippen LogP contribution in [0.2, 0.25) is 5.02 Å². The Balaban J connectivity index is 1.99. The minimum atomic E-state index is -0.0420. The molecular formula is C18H18ClN3O. The summed E-state index contributed by atoms with van der Waals surface area (Å²) >= 11 is 6.18. The number of anilines is 1. The van der Waals surface area contributed by atoms with Crippen LogP contribution in [0.5, 0.6) is 0 Å².